The van der Waals surface area contributed by atoms with Crippen LogP contribution >= 0.6 is 0 Å². The van der Waals surface area contributed by atoms with E-state index in [0.717, 1.165) is 11.8 Å². The second-order valence-electron chi connectivity index (χ2n) is 8.51. The van der Waals surface area contributed by atoms with Crippen molar-refractivity contribution >= 4 is 0 Å². The van der Waals surface area contributed by atoms with Crippen LogP contribution in [0.3, 0.4) is 0 Å². The van der Waals surface area contributed by atoms with Gasteiger partial charge in [-0.1, -0.05) is 20.8 Å². The molecule has 1 aliphatic heterocycles. The van der Waals surface area contributed by atoms with E-state index in [1.165, 1.54) is 38.5 Å². The molecule has 0 amide bonds. The highest BCUT2D eigenvalue weighted by molar-refractivity contribution is 5.27. The predicted octanol–water partition coefficient (Wildman–Crippen LogP) is 4.16. The molecule has 1 saturated heterocycles. The Morgan fingerprint density at radius 2 is 1.71 bits per heavy atom. The summed E-state index contributed by atoms with van der Waals surface area (Å²) in [6.07, 6.45) is 8.30. The number of ether oxygens (including phenoxy) is 1. The smallest absolute Gasteiger partial charge is 0.101 e. The molecule has 4 fully saturated rings. The Balaban J connectivity index is 1.79. The van der Waals surface area contributed by atoms with Gasteiger partial charge in [0.2, 0.25) is 0 Å². The standard InChI is InChI=1S/C16H26O/c1-13(2)6-5-7-15(4)16(17-15)9-8-14(3)10-11(14)12(13)16/h11-12H,5-10H2,1-4H3. The van der Waals surface area contributed by atoms with E-state index in [1.807, 2.05) is 0 Å². The third-order valence-electron chi connectivity index (χ3n) is 6.97. The molecular weight excluding hydrogens is 208 g/mol. The van der Waals surface area contributed by atoms with E-state index in [9.17, 15) is 0 Å². The van der Waals surface area contributed by atoms with Gasteiger partial charge >= 0.3 is 0 Å². The van der Waals surface area contributed by atoms with Crippen molar-refractivity contribution in [3.8, 4) is 0 Å². The maximum absolute atomic E-state index is 6.41. The SMILES string of the molecule is CC1(C)CCCC2(C)OC23CCC2(C)CC2C13. The summed E-state index contributed by atoms with van der Waals surface area (Å²) in [5.41, 5.74) is 1.71. The first kappa shape index (κ1) is 10.8. The Hall–Kier alpha value is -0.0400. The molecule has 4 rings (SSSR count). The Kier molecular flexibility index (Phi) is 1.67. The van der Waals surface area contributed by atoms with Gasteiger partial charge in [0, 0.05) is 0 Å². The summed E-state index contributed by atoms with van der Waals surface area (Å²) in [5, 5.41) is 0. The molecule has 4 aliphatic rings. The van der Waals surface area contributed by atoms with E-state index >= 15 is 0 Å². The molecule has 0 aromatic heterocycles. The van der Waals surface area contributed by atoms with Crippen molar-refractivity contribution in [1.82, 2.24) is 0 Å². The summed E-state index contributed by atoms with van der Waals surface area (Å²) < 4.78 is 6.41. The van der Waals surface area contributed by atoms with Crippen LogP contribution < -0.4 is 0 Å². The molecule has 0 aromatic carbocycles. The largest absolute Gasteiger partial charge is 0.362 e. The minimum Gasteiger partial charge on any atom is -0.362 e. The molecule has 3 saturated carbocycles. The fraction of sp³-hybridized carbons (Fsp3) is 1.00. The van der Waals surface area contributed by atoms with Crippen molar-refractivity contribution in [1.29, 1.82) is 0 Å². The lowest BCUT2D eigenvalue weighted by molar-refractivity contribution is 0.0255. The molecule has 3 aliphatic carbocycles. The van der Waals surface area contributed by atoms with Gasteiger partial charge in [0.25, 0.3) is 0 Å². The molecule has 0 N–H and O–H groups in total. The normalized spacial score (nSPS) is 62.8. The maximum atomic E-state index is 6.41. The zero-order valence-electron chi connectivity index (χ0n) is 11.8. The molecule has 1 spiro atoms. The number of hydrogen-bond acceptors (Lipinski definition) is 1. The van der Waals surface area contributed by atoms with Crippen LogP contribution in [0.1, 0.15) is 66.2 Å². The molecule has 17 heavy (non-hydrogen) atoms. The minimum absolute atomic E-state index is 0.245. The fourth-order valence-corrected chi connectivity index (χ4v) is 5.76. The molecule has 0 radical (unpaired) electrons. The van der Waals surface area contributed by atoms with E-state index in [2.05, 4.69) is 27.7 Å². The highest BCUT2D eigenvalue weighted by atomic mass is 16.6. The van der Waals surface area contributed by atoms with Crippen LogP contribution in [0.4, 0.5) is 0 Å². The molecule has 1 heteroatoms. The Morgan fingerprint density at radius 3 is 2.47 bits per heavy atom. The van der Waals surface area contributed by atoms with E-state index in [4.69, 9.17) is 4.74 Å². The third kappa shape index (κ3) is 1.11. The first-order valence-corrected chi connectivity index (χ1v) is 7.53. The summed E-state index contributed by atoms with van der Waals surface area (Å²) in [5.74, 6) is 1.80. The molecule has 5 unspecified atom stereocenters. The summed E-state index contributed by atoms with van der Waals surface area (Å²) in [6, 6.07) is 0. The van der Waals surface area contributed by atoms with E-state index in [1.54, 1.807) is 0 Å². The number of rotatable bonds is 0. The minimum atomic E-state index is 0.245. The zero-order valence-corrected chi connectivity index (χ0v) is 11.8. The van der Waals surface area contributed by atoms with Gasteiger partial charge in [0.15, 0.2) is 0 Å². The van der Waals surface area contributed by atoms with Crippen molar-refractivity contribution in [2.24, 2.45) is 22.7 Å². The lowest BCUT2D eigenvalue weighted by atomic mass is 9.60. The van der Waals surface area contributed by atoms with Crippen molar-refractivity contribution in [2.75, 3.05) is 0 Å². The fourth-order valence-electron chi connectivity index (χ4n) is 5.76. The Labute approximate surface area is 105 Å². The quantitative estimate of drug-likeness (QED) is 0.573. The van der Waals surface area contributed by atoms with Crippen molar-refractivity contribution in [3.05, 3.63) is 0 Å². The molecule has 0 bridgehead atoms. The summed E-state index contributed by atoms with van der Waals surface area (Å²) >= 11 is 0. The summed E-state index contributed by atoms with van der Waals surface area (Å²) in [6.45, 7) is 9.94. The number of epoxide rings is 1. The van der Waals surface area contributed by atoms with Crippen molar-refractivity contribution in [2.45, 2.75) is 77.4 Å². The topological polar surface area (TPSA) is 12.5 Å². The van der Waals surface area contributed by atoms with E-state index in [0.29, 0.717) is 10.8 Å². The van der Waals surface area contributed by atoms with Gasteiger partial charge < -0.3 is 4.74 Å². The molecule has 1 nitrogen and oxygen atoms in total. The monoisotopic (exact) mass is 234 g/mol. The molecule has 96 valence electrons. The molecule has 5 atom stereocenters. The third-order valence-corrected chi connectivity index (χ3v) is 6.97. The first-order valence-electron chi connectivity index (χ1n) is 7.53. The van der Waals surface area contributed by atoms with Gasteiger partial charge in [0.05, 0.1) is 5.60 Å². The van der Waals surface area contributed by atoms with Gasteiger partial charge in [-0.3, -0.25) is 0 Å². The molecule has 0 aromatic rings. The first-order chi connectivity index (χ1) is 7.83. The van der Waals surface area contributed by atoms with Gasteiger partial charge in [-0.15, -0.1) is 0 Å². The van der Waals surface area contributed by atoms with Crippen LogP contribution in [-0.2, 0) is 4.74 Å². The summed E-state index contributed by atoms with van der Waals surface area (Å²) in [7, 11) is 0. The number of fused-ring (bicyclic) bond motifs is 2. The average molecular weight is 234 g/mol. The van der Waals surface area contributed by atoms with Crippen LogP contribution in [0.15, 0.2) is 0 Å². The number of hydrogen-bond donors (Lipinski definition) is 0. The Bertz CT molecular complexity index is 387. The summed E-state index contributed by atoms with van der Waals surface area (Å²) in [4.78, 5) is 0. The lowest BCUT2D eigenvalue weighted by Gasteiger charge is -2.43. The predicted molar refractivity (Wildman–Crippen MR) is 68.8 cm³/mol. The highest BCUT2D eigenvalue weighted by Gasteiger charge is 2.79. The van der Waals surface area contributed by atoms with Crippen LogP contribution in [0, 0.1) is 22.7 Å². The molecule has 1 heterocycles. The van der Waals surface area contributed by atoms with E-state index in [-0.39, 0.29) is 11.2 Å². The second kappa shape index (κ2) is 2.61. The van der Waals surface area contributed by atoms with Crippen LogP contribution in [0.2, 0.25) is 0 Å². The van der Waals surface area contributed by atoms with Crippen molar-refractivity contribution in [3.63, 3.8) is 0 Å². The van der Waals surface area contributed by atoms with Crippen LogP contribution in [-0.4, -0.2) is 11.2 Å². The van der Waals surface area contributed by atoms with Crippen LogP contribution in [0.5, 0.6) is 0 Å². The van der Waals surface area contributed by atoms with Gasteiger partial charge in [-0.25, -0.2) is 0 Å². The molecular formula is C16H26O. The lowest BCUT2D eigenvalue weighted by Crippen LogP contribution is -2.44. The second-order valence-corrected chi connectivity index (χ2v) is 8.51. The Morgan fingerprint density at radius 1 is 0.941 bits per heavy atom. The maximum Gasteiger partial charge on any atom is 0.101 e. The van der Waals surface area contributed by atoms with Gasteiger partial charge in [-0.2, -0.15) is 0 Å². The average Bonchev–Trinajstić information content (AvgIpc) is 3.02. The van der Waals surface area contributed by atoms with Gasteiger partial charge in [0.1, 0.15) is 5.60 Å². The van der Waals surface area contributed by atoms with E-state index < -0.39 is 0 Å². The van der Waals surface area contributed by atoms with Gasteiger partial charge in [-0.05, 0) is 68.1 Å². The van der Waals surface area contributed by atoms with Crippen molar-refractivity contribution < 1.29 is 4.74 Å². The van der Waals surface area contributed by atoms with Crippen LogP contribution in [0.25, 0.3) is 0 Å². The zero-order chi connectivity index (χ0) is 12.1. The highest BCUT2D eigenvalue weighted by Crippen LogP contribution is 2.77.